The van der Waals surface area contributed by atoms with Gasteiger partial charge < -0.3 is 25.4 Å². The fourth-order valence-corrected chi connectivity index (χ4v) is 4.41. The molecule has 37 heavy (non-hydrogen) atoms. The number of carbonyl (C=O) groups is 1. The molecule has 2 amide bonds. The molecule has 192 valence electrons. The number of pyridine rings is 1. The van der Waals surface area contributed by atoms with Crippen molar-refractivity contribution in [2.45, 2.75) is 26.8 Å². The van der Waals surface area contributed by atoms with Gasteiger partial charge >= 0.3 is 6.03 Å². The minimum atomic E-state index is -0.685. The van der Waals surface area contributed by atoms with Gasteiger partial charge in [0.25, 0.3) is 0 Å². The maximum Gasteiger partial charge on any atom is 0.321 e. The first-order chi connectivity index (χ1) is 17.8. The summed E-state index contributed by atoms with van der Waals surface area (Å²) in [6.45, 7) is 8.55. The van der Waals surface area contributed by atoms with Crippen LogP contribution in [0.5, 0.6) is 0 Å². The molecule has 3 N–H and O–H groups in total. The number of carbonyl (C=O) groups excluding carboxylic acids is 1. The zero-order valence-electron chi connectivity index (χ0n) is 20.7. The van der Waals surface area contributed by atoms with Crippen LogP contribution in [0, 0.1) is 18.6 Å². The summed E-state index contributed by atoms with van der Waals surface area (Å²) in [6, 6.07) is 6.11. The number of amides is 2. The summed E-state index contributed by atoms with van der Waals surface area (Å²) in [4.78, 5) is 31.0. The van der Waals surface area contributed by atoms with Crippen LogP contribution in [0.25, 0.3) is 22.3 Å². The molecule has 0 radical (unpaired) electrons. The van der Waals surface area contributed by atoms with Crippen molar-refractivity contribution in [3.8, 4) is 11.3 Å². The van der Waals surface area contributed by atoms with E-state index in [0.29, 0.717) is 35.9 Å². The highest BCUT2D eigenvalue weighted by atomic mass is 19.1. The average molecular weight is 508 g/mol. The normalized spacial score (nSPS) is 13.8. The van der Waals surface area contributed by atoms with Crippen LogP contribution in [-0.2, 0) is 0 Å². The van der Waals surface area contributed by atoms with Gasteiger partial charge in [-0.3, -0.25) is 0 Å². The van der Waals surface area contributed by atoms with Gasteiger partial charge in [0.1, 0.15) is 22.9 Å². The van der Waals surface area contributed by atoms with Crippen molar-refractivity contribution in [3.05, 3.63) is 54.1 Å². The Balaban J connectivity index is 1.37. The van der Waals surface area contributed by atoms with Crippen LogP contribution in [0.15, 0.2) is 36.7 Å². The summed E-state index contributed by atoms with van der Waals surface area (Å²) in [5.74, 6) is -0.0770. The van der Waals surface area contributed by atoms with Crippen molar-refractivity contribution in [1.29, 1.82) is 0 Å². The number of hydrogen-bond acceptors (Lipinski definition) is 7. The number of hydrogen-bond donors (Lipinski definition) is 3. The number of nitrogens with one attached hydrogen (secondary N) is 3. The third kappa shape index (κ3) is 5.05. The molecule has 0 unspecified atom stereocenters. The van der Waals surface area contributed by atoms with Crippen molar-refractivity contribution in [1.82, 2.24) is 34.7 Å². The molecule has 0 spiro atoms. The molecule has 0 saturated carbocycles. The number of nitrogens with zero attached hydrogens (tertiary/aromatic N) is 6. The molecule has 3 aromatic heterocycles. The molecule has 1 fully saturated rings. The quantitative estimate of drug-likeness (QED) is 0.370. The molecule has 0 atom stereocenters. The van der Waals surface area contributed by atoms with E-state index in [9.17, 15) is 13.6 Å². The minimum absolute atomic E-state index is 0.0443. The molecule has 1 aromatic carbocycles. The second-order valence-electron chi connectivity index (χ2n) is 9.06. The van der Waals surface area contributed by atoms with E-state index >= 15 is 0 Å². The Kier molecular flexibility index (Phi) is 6.66. The van der Waals surface area contributed by atoms with Gasteiger partial charge in [-0.1, -0.05) is 0 Å². The number of aryl methyl sites for hydroxylation is 1. The van der Waals surface area contributed by atoms with Gasteiger partial charge in [0.2, 0.25) is 5.95 Å². The molecule has 4 heterocycles. The summed E-state index contributed by atoms with van der Waals surface area (Å²) in [7, 11) is 0. The minimum Gasteiger partial charge on any atom is -0.326 e. The SMILES string of the molecule is Cc1nc2c(F)cc(-c3nc(Nc4ccc(NC(=O)N5CCNCC5)cn4)ncc3F)cc2n1C(C)C. The van der Waals surface area contributed by atoms with Crippen molar-refractivity contribution in [2.75, 3.05) is 36.8 Å². The number of rotatable bonds is 5. The standard InChI is InChI=1S/C25H27F2N9O/c1-14(2)36-15(3)31-23-18(26)10-16(11-20(23)36)22-19(27)13-30-24(34-22)33-21-5-4-17(12-29-21)32-25(37)35-8-6-28-7-9-35/h4-5,10-14,28H,6-9H2,1-3H3,(H,32,37)(H,29,30,33,34). The summed E-state index contributed by atoms with van der Waals surface area (Å²) >= 11 is 0. The largest absolute Gasteiger partial charge is 0.326 e. The zero-order chi connectivity index (χ0) is 26.1. The summed E-state index contributed by atoms with van der Waals surface area (Å²) in [5, 5.41) is 8.95. The van der Waals surface area contributed by atoms with Crippen molar-refractivity contribution in [3.63, 3.8) is 0 Å². The van der Waals surface area contributed by atoms with Gasteiger partial charge in [-0.05, 0) is 45.0 Å². The van der Waals surface area contributed by atoms with Gasteiger partial charge in [-0.15, -0.1) is 0 Å². The van der Waals surface area contributed by atoms with Crippen LogP contribution in [0.3, 0.4) is 0 Å². The first-order valence-corrected chi connectivity index (χ1v) is 12.0. The Bertz CT molecular complexity index is 1450. The summed E-state index contributed by atoms with van der Waals surface area (Å²) in [6.07, 6.45) is 2.53. The summed E-state index contributed by atoms with van der Waals surface area (Å²) < 4.78 is 31.6. The molecule has 4 aromatic rings. The lowest BCUT2D eigenvalue weighted by molar-refractivity contribution is 0.204. The van der Waals surface area contributed by atoms with Crippen molar-refractivity contribution < 1.29 is 13.6 Å². The van der Waals surface area contributed by atoms with E-state index < -0.39 is 11.6 Å². The number of aromatic nitrogens is 5. The predicted molar refractivity (Wildman–Crippen MR) is 137 cm³/mol. The first-order valence-electron chi connectivity index (χ1n) is 12.0. The molecular weight excluding hydrogens is 480 g/mol. The van der Waals surface area contributed by atoms with Gasteiger partial charge in [0, 0.05) is 37.8 Å². The van der Waals surface area contributed by atoms with E-state index in [1.807, 2.05) is 18.4 Å². The molecule has 0 bridgehead atoms. The Morgan fingerprint density at radius 1 is 1.05 bits per heavy atom. The number of fused-ring (bicyclic) bond motifs is 1. The fraction of sp³-hybridized carbons (Fsp3) is 0.320. The van der Waals surface area contributed by atoms with Gasteiger partial charge in [0.05, 0.1) is 23.6 Å². The Morgan fingerprint density at radius 3 is 2.54 bits per heavy atom. The molecule has 5 rings (SSSR count). The highest BCUT2D eigenvalue weighted by molar-refractivity contribution is 5.89. The van der Waals surface area contributed by atoms with E-state index in [1.54, 1.807) is 30.0 Å². The molecule has 1 saturated heterocycles. The Labute approximate surface area is 212 Å². The van der Waals surface area contributed by atoms with Gasteiger partial charge in [0.15, 0.2) is 11.6 Å². The van der Waals surface area contributed by atoms with Gasteiger partial charge in [-0.2, -0.15) is 0 Å². The Hall–Kier alpha value is -4.19. The number of halogens is 2. The second kappa shape index (κ2) is 10.1. The molecule has 1 aliphatic heterocycles. The van der Waals surface area contributed by atoms with Crippen LogP contribution < -0.4 is 16.0 Å². The van der Waals surface area contributed by atoms with E-state index in [4.69, 9.17) is 0 Å². The van der Waals surface area contributed by atoms with Gasteiger partial charge in [-0.25, -0.2) is 33.5 Å². The molecule has 10 nitrogen and oxygen atoms in total. The number of urea groups is 1. The van der Waals surface area contributed by atoms with E-state index in [1.165, 1.54) is 12.3 Å². The average Bonchev–Trinajstić information content (AvgIpc) is 3.23. The fourth-order valence-electron chi connectivity index (χ4n) is 4.41. The third-order valence-electron chi connectivity index (χ3n) is 6.12. The monoisotopic (exact) mass is 507 g/mol. The highest BCUT2D eigenvalue weighted by Crippen LogP contribution is 2.30. The van der Waals surface area contributed by atoms with E-state index in [2.05, 4.69) is 35.9 Å². The van der Waals surface area contributed by atoms with Crippen molar-refractivity contribution in [2.24, 2.45) is 0 Å². The lowest BCUT2D eigenvalue weighted by Gasteiger charge is -2.27. The van der Waals surface area contributed by atoms with Crippen molar-refractivity contribution >= 4 is 34.5 Å². The molecule has 12 heteroatoms. The summed E-state index contributed by atoms with van der Waals surface area (Å²) in [5.41, 5.74) is 1.56. The maximum atomic E-state index is 14.9. The molecule has 0 aliphatic carbocycles. The van der Waals surface area contributed by atoms with E-state index in [0.717, 1.165) is 19.3 Å². The molecule has 1 aliphatic rings. The number of benzene rings is 1. The van der Waals surface area contributed by atoms with Crippen LogP contribution in [0.4, 0.5) is 31.0 Å². The second-order valence-corrected chi connectivity index (χ2v) is 9.06. The number of imidazole rings is 1. The van der Waals surface area contributed by atoms with E-state index in [-0.39, 0.29) is 34.8 Å². The van der Waals surface area contributed by atoms with Crippen LogP contribution in [0.1, 0.15) is 25.7 Å². The number of piperazine rings is 1. The molecular formula is C25H27F2N9O. The third-order valence-corrected chi connectivity index (χ3v) is 6.12. The first kappa shape index (κ1) is 24.5. The lowest BCUT2D eigenvalue weighted by Crippen LogP contribution is -2.48. The number of anilines is 3. The predicted octanol–water partition coefficient (Wildman–Crippen LogP) is 4.24. The van der Waals surface area contributed by atoms with Crippen LogP contribution in [-0.4, -0.2) is 61.6 Å². The Morgan fingerprint density at radius 2 is 1.84 bits per heavy atom. The smallest absolute Gasteiger partial charge is 0.321 e. The zero-order valence-corrected chi connectivity index (χ0v) is 20.7. The van der Waals surface area contributed by atoms with Crippen LogP contribution >= 0.6 is 0 Å². The maximum absolute atomic E-state index is 14.9. The lowest BCUT2D eigenvalue weighted by atomic mass is 10.1. The topological polar surface area (TPSA) is 113 Å². The highest BCUT2D eigenvalue weighted by Gasteiger charge is 2.19. The van der Waals surface area contributed by atoms with Crippen LogP contribution in [0.2, 0.25) is 0 Å².